The number of carbonyl (C=O) groups is 2. The average Bonchev–Trinajstić information content (AvgIpc) is 2.73. The van der Waals surface area contributed by atoms with Crippen LogP contribution in [0.1, 0.15) is 37.9 Å². The Kier molecular flexibility index (Phi) is 4.14. The first kappa shape index (κ1) is 17.3. The summed E-state index contributed by atoms with van der Waals surface area (Å²) < 4.78 is 28.5. The lowest BCUT2D eigenvalue weighted by molar-refractivity contribution is -0.143. The van der Waals surface area contributed by atoms with Crippen molar-refractivity contribution in [3.05, 3.63) is 29.3 Å². The highest BCUT2D eigenvalue weighted by molar-refractivity contribution is 7.90. The lowest BCUT2D eigenvalue weighted by Gasteiger charge is -2.27. The topological polar surface area (TPSA) is 101 Å². The first-order valence-electron chi connectivity index (χ1n) is 6.95. The first-order chi connectivity index (χ1) is 10.4. The zero-order chi connectivity index (χ0) is 17.6. The largest absolute Gasteiger partial charge is 0.479 e. The molecule has 1 aliphatic rings. The highest BCUT2D eigenvalue weighted by Gasteiger charge is 2.40. The van der Waals surface area contributed by atoms with E-state index in [9.17, 15) is 23.1 Å². The van der Waals surface area contributed by atoms with Gasteiger partial charge in [-0.25, -0.2) is 18.0 Å². The third-order valence-electron chi connectivity index (χ3n) is 3.35. The van der Waals surface area contributed by atoms with E-state index in [1.807, 2.05) is 0 Å². The Labute approximate surface area is 134 Å². The molecular formula is C15H19NO6S. The normalized spacial score (nSPS) is 17.7. The average molecular weight is 341 g/mol. The van der Waals surface area contributed by atoms with Crippen molar-refractivity contribution in [1.29, 1.82) is 0 Å². The van der Waals surface area contributed by atoms with Crippen LogP contribution in [0.3, 0.4) is 0 Å². The number of hydrogen-bond donors (Lipinski definition) is 1. The Morgan fingerprint density at radius 3 is 2.39 bits per heavy atom. The summed E-state index contributed by atoms with van der Waals surface area (Å²) in [7, 11) is -3.41. The van der Waals surface area contributed by atoms with Gasteiger partial charge in [-0.05, 0) is 44.0 Å². The minimum atomic E-state index is -3.41. The van der Waals surface area contributed by atoms with Gasteiger partial charge in [0.25, 0.3) is 0 Å². The van der Waals surface area contributed by atoms with Crippen LogP contribution in [0.4, 0.5) is 4.79 Å². The maximum atomic E-state index is 12.2. The Morgan fingerprint density at radius 2 is 1.91 bits per heavy atom. The van der Waals surface area contributed by atoms with E-state index in [2.05, 4.69) is 0 Å². The molecule has 0 saturated heterocycles. The van der Waals surface area contributed by atoms with E-state index < -0.39 is 33.5 Å². The van der Waals surface area contributed by atoms with Crippen LogP contribution in [0.5, 0.6) is 0 Å². The second-order valence-electron chi connectivity index (χ2n) is 6.48. The number of carboxylic acid groups (broad SMARTS) is 1. The number of sulfone groups is 1. The molecule has 1 aromatic carbocycles. The zero-order valence-electron chi connectivity index (χ0n) is 13.4. The van der Waals surface area contributed by atoms with Crippen molar-refractivity contribution in [2.75, 3.05) is 6.26 Å². The van der Waals surface area contributed by atoms with E-state index in [0.29, 0.717) is 11.1 Å². The Hall–Kier alpha value is -2.09. The Bertz CT molecular complexity index is 763. The monoisotopic (exact) mass is 341 g/mol. The van der Waals surface area contributed by atoms with Crippen molar-refractivity contribution in [1.82, 2.24) is 4.90 Å². The third kappa shape index (κ3) is 3.64. The van der Waals surface area contributed by atoms with Gasteiger partial charge in [-0.3, -0.25) is 4.90 Å². The molecule has 1 N–H and O–H groups in total. The van der Waals surface area contributed by atoms with Crippen LogP contribution >= 0.6 is 0 Å². The molecule has 1 atom stereocenters. The minimum absolute atomic E-state index is 0.00935. The molecule has 23 heavy (non-hydrogen) atoms. The van der Waals surface area contributed by atoms with Crippen molar-refractivity contribution < 1.29 is 27.9 Å². The standard InChI is InChI=1S/C15H19NO6S/c1-15(2,3)22-14(19)16-8-9-7-10(23(4,20)21)5-6-11(9)12(16)13(17)18/h5-7,12H,8H2,1-4H3,(H,17,18)/t12-/m0/s1. The smallest absolute Gasteiger partial charge is 0.411 e. The summed E-state index contributed by atoms with van der Waals surface area (Å²) in [6.45, 7) is 5.05. The lowest BCUT2D eigenvalue weighted by Crippen LogP contribution is -2.38. The fraction of sp³-hybridized carbons (Fsp3) is 0.467. The van der Waals surface area contributed by atoms with Gasteiger partial charge in [-0.15, -0.1) is 0 Å². The van der Waals surface area contributed by atoms with E-state index >= 15 is 0 Å². The van der Waals surface area contributed by atoms with Crippen molar-refractivity contribution >= 4 is 21.9 Å². The van der Waals surface area contributed by atoms with Gasteiger partial charge in [0.05, 0.1) is 11.4 Å². The second kappa shape index (κ2) is 5.52. The molecule has 0 spiro atoms. The summed E-state index contributed by atoms with van der Waals surface area (Å²) in [4.78, 5) is 25.0. The van der Waals surface area contributed by atoms with Gasteiger partial charge >= 0.3 is 12.1 Å². The molecule has 126 valence electrons. The van der Waals surface area contributed by atoms with Gasteiger partial charge in [0, 0.05) is 6.26 Å². The zero-order valence-corrected chi connectivity index (χ0v) is 14.2. The maximum absolute atomic E-state index is 12.2. The number of carboxylic acids is 1. The molecule has 0 aromatic heterocycles. The van der Waals surface area contributed by atoms with Crippen molar-refractivity contribution in [3.63, 3.8) is 0 Å². The second-order valence-corrected chi connectivity index (χ2v) is 8.50. The third-order valence-corrected chi connectivity index (χ3v) is 4.46. The summed E-state index contributed by atoms with van der Waals surface area (Å²) in [6, 6.07) is 3.01. The van der Waals surface area contributed by atoms with Crippen LogP contribution in [0.2, 0.25) is 0 Å². The highest BCUT2D eigenvalue weighted by Crippen LogP contribution is 2.36. The number of hydrogen-bond acceptors (Lipinski definition) is 5. The quantitative estimate of drug-likeness (QED) is 0.882. The molecule has 0 saturated carbocycles. The van der Waals surface area contributed by atoms with E-state index in [-0.39, 0.29) is 11.4 Å². The first-order valence-corrected chi connectivity index (χ1v) is 8.84. The number of nitrogens with zero attached hydrogens (tertiary/aromatic N) is 1. The highest BCUT2D eigenvalue weighted by atomic mass is 32.2. The molecule has 0 aliphatic carbocycles. The van der Waals surface area contributed by atoms with Gasteiger partial charge in [0.2, 0.25) is 0 Å². The van der Waals surface area contributed by atoms with Gasteiger partial charge in [-0.2, -0.15) is 0 Å². The summed E-state index contributed by atoms with van der Waals surface area (Å²) in [5.41, 5.74) is 0.134. The lowest BCUT2D eigenvalue weighted by atomic mass is 10.1. The maximum Gasteiger partial charge on any atom is 0.411 e. The number of carbonyl (C=O) groups excluding carboxylic acids is 1. The molecule has 2 rings (SSSR count). The van der Waals surface area contributed by atoms with Crippen LogP contribution < -0.4 is 0 Å². The molecule has 0 fully saturated rings. The molecular weight excluding hydrogens is 322 g/mol. The molecule has 8 heteroatoms. The molecule has 0 unspecified atom stereocenters. The summed E-state index contributed by atoms with van der Waals surface area (Å²) in [5, 5.41) is 9.44. The number of amides is 1. The molecule has 1 aliphatic heterocycles. The van der Waals surface area contributed by atoms with Crippen LogP contribution in [-0.2, 0) is 25.9 Å². The number of ether oxygens (including phenoxy) is 1. The van der Waals surface area contributed by atoms with Crippen molar-refractivity contribution in [2.45, 2.75) is 43.9 Å². The van der Waals surface area contributed by atoms with E-state index in [1.54, 1.807) is 20.8 Å². The minimum Gasteiger partial charge on any atom is -0.479 e. The number of fused-ring (bicyclic) bond motifs is 1. The van der Waals surface area contributed by atoms with E-state index in [1.165, 1.54) is 18.2 Å². The Morgan fingerprint density at radius 1 is 1.30 bits per heavy atom. The van der Waals surface area contributed by atoms with Crippen LogP contribution in [-0.4, -0.2) is 42.3 Å². The van der Waals surface area contributed by atoms with Crippen molar-refractivity contribution in [3.8, 4) is 0 Å². The van der Waals surface area contributed by atoms with Crippen LogP contribution in [0.15, 0.2) is 23.1 Å². The van der Waals surface area contributed by atoms with Gasteiger partial charge in [-0.1, -0.05) is 6.07 Å². The van der Waals surface area contributed by atoms with E-state index in [4.69, 9.17) is 4.74 Å². The predicted molar refractivity (Wildman–Crippen MR) is 81.7 cm³/mol. The number of benzene rings is 1. The molecule has 1 aromatic rings. The van der Waals surface area contributed by atoms with Gasteiger partial charge < -0.3 is 9.84 Å². The summed E-state index contributed by atoms with van der Waals surface area (Å²) in [6.07, 6.45) is 0.325. The number of rotatable bonds is 2. The van der Waals surface area contributed by atoms with E-state index in [0.717, 1.165) is 11.2 Å². The predicted octanol–water partition coefficient (Wildman–Crippen LogP) is 1.97. The fourth-order valence-corrected chi connectivity index (χ4v) is 3.09. The molecule has 0 radical (unpaired) electrons. The van der Waals surface area contributed by atoms with Crippen molar-refractivity contribution in [2.24, 2.45) is 0 Å². The molecule has 7 nitrogen and oxygen atoms in total. The number of aliphatic carboxylic acids is 1. The molecule has 1 heterocycles. The van der Waals surface area contributed by atoms with Gasteiger partial charge in [0.1, 0.15) is 5.60 Å². The van der Waals surface area contributed by atoms with Gasteiger partial charge in [0.15, 0.2) is 15.9 Å². The SMILES string of the molecule is CC(C)(C)OC(=O)N1Cc2cc(S(C)(=O)=O)ccc2[C@H]1C(=O)O. The molecule has 0 bridgehead atoms. The Balaban J connectivity index is 2.42. The molecule has 1 amide bonds. The van der Waals surface area contributed by atoms with Crippen LogP contribution in [0, 0.1) is 0 Å². The van der Waals surface area contributed by atoms with Crippen LogP contribution in [0.25, 0.3) is 0 Å². The summed E-state index contributed by atoms with van der Waals surface area (Å²) >= 11 is 0. The summed E-state index contributed by atoms with van der Waals surface area (Å²) in [5.74, 6) is -1.19. The fourth-order valence-electron chi connectivity index (χ4n) is 2.42.